The molecule has 0 spiro atoms. The van der Waals surface area contributed by atoms with Crippen LogP contribution < -0.4 is 20.7 Å². The highest BCUT2D eigenvalue weighted by Crippen LogP contribution is 2.57. The van der Waals surface area contributed by atoms with Gasteiger partial charge in [-0.15, -0.1) is 0 Å². The van der Waals surface area contributed by atoms with Crippen molar-refractivity contribution < 1.29 is 4.74 Å². The normalized spacial score (nSPS) is 11.1. The zero-order chi connectivity index (χ0) is 20.7. The molecular formula is C28H26OP+. The van der Waals surface area contributed by atoms with Gasteiger partial charge in [0.25, 0.3) is 0 Å². The molecule has 30 heavy (non-hydrogen) atoms. The summed E-state index contributed by atoms with van der Waals surface area (Å²) in [6.45, 7) is 4.68. The van der Waals surface area contributed by atoms with Crippen molar-refractivity contribution in [3.8, 4) is 5.75 Å². The second-order valence-corrected chi connectivity index (χ2v) is 10.7. The highest BCUT2D eigenvalue weighted by atomic mass is 31.2. The van der Waals surface area contributed by atoms with E-state index in [2.05, 4.69) is 110 Å². The number of benzene rings is 4. The predicted molar refractivity (Wildman–Crippen MR) is 131 cm³/mol. The molecule has 0 amide bonds. The van der Waals surface area contributed by atoms with Crippen LogP contribution in [0.4, 0.5) is 0 Å². The van der Waals surface area contributed by atoms with Crippen molar-refractivity contribution >= 4 is 23.2 Å². The second-order valence-electron chi connectivity index (χ2n) is 7.19. The Morgan fingerprint density at radius 2 is 1.13 bits per heavy atom. The summed E-state index contributed by atoms with van der Waals surface area (Å²) in [5.41, 5.74) is 1.17. The van der Waals surface area contributed by atoms with Gasteiger partial charge in [0, 0.05) is 0 Å². The first kappa shape index (κ1) is 20.1. The number of rotatable bonds is 8. The SMILES string of the molecule is C=CC[P+](c1ccccc1)(c1ccccc1)c1ccccc1OCc1ccccc1. The summed E-state index contributed by atoms with van der Waals surface area (Å²) in [6, 6.07) is 40.5. The maximum absolute atomic E-state index is 6.41. The van der Waals surface area contributed by atoms with E-state index in [-0.39, 0.29) is 0 Å². The minimum absolute atomic E-state index is 0.551. The van der Waals surface area contributed by atoms with Gasteiger partial charge in [0.2, 0.25) is 0 Å². The van der Waals surface area contributed by atoms with Gasteiger partial charge < -0.3 is 4.74 Å². The van der Waals surface area contributed by atoms with E-state index < -0.39 is 7.26 Å². The van der Waals surface area contributed by atoms with Gasteiger partial charge in [-0.1, -0.05) is 91.5 Å². The first-order valence-corrected chi connectivity index (χ1v) is 12.2. The average Bonchev–Trinajstić information content (AvgIpc) is 2.83. The van der Waals surface area contributed by atoms with Crippen LogP contribution in [0.15, 0.2) is 128 Å². The van der Waals surface area contributed by atoms with Crippen molar-refractivity contribution in [2.45, 2.75) is 6.61 Å². The largest absolute Gasteiger partial charge is 0.485 e. The third-order valence-corrected chi connectivity index (χ3v) is 9.67. The highest BCUT2D eigenvalue weighted by molar-refractivity contribution is 7.96. The molecule has 0 heterocycles. The number of para-hydroxylation sites is 1. The van der Waals surface area contributed by atoms with Crippen LogP contribution >= 0.6 is 7.26 Å². The van der Waals surface area contributed by atoms with Crippen LogP contribution in [0, 0.1) is 0 Å². The van der Waals surface area contributed by atoms with Gasteiger partial charge in [-0.25, -0.2) is 0 Å². The Morgan fingerprint density at radius 1 is 0.633 bits per heavy atom. The van der Waals surface area contributed by atoms with Gasteiger partial charge in [-0.2, -0.15) is 0 Å². The molecule has 4 aromatic rings. The molecule has 0 aromatic heterocycles. The molecule has 0 aliphatic heterocycles. The molecule has 1 nitrogen and oxygen atoms in total. The minimum atomic E-state index is -1.96. The predicted octanol–water partition coefficient (Wildman–Crippen LogP) is 5.75. The molecule has 0 unspecified atom stereocenters. The summed E-state index contributed by atoms with van der Waals surface area (Å²) in [6.07, 6.45) is 2.94. The molecule has 4 aromatic carbocycles. The summed E-state index contributed by atoms with van der Waals surface area (Å²) >= 11 is 0. The Bertz CT molecular complexity index is 1040. The van der Waals surface area contributed by atoms with Crippen LogP contribution in [0.25, 0.3) is 0 Å². The van der Waals surface area contributed by atoms with Crippen molar-refractivity contribution in [3.63, 3.8) is 0 Å². The van der Waals surface area contributed by atoms with E-state index in [4.69, 9.17) is 4.74 Å². The molecule has 0 aliphatic carbocycles. The van der Waals surface area contributed by atoms with E-state index >= 15 is 0 Å². The van der Waals surface area contributed by atoms with Gasteiger partial charge in [-0.05, 0) is 42.0 Å². The van der Waals surface area contributed by atoms with Crippen molar-refractivity contribution in [2.75, 3.05) is 6.16 Å². The van der Waals surface area contributed by atoms with E-state index in [0.29, 0.717) is 6.61 Å². The smallest absolute Gasteiger partial charge is 0.162 e. The molecular weight excluding hydrogens is 383 g/mol. The lowest BCUT2D eigenvalue weighted by Gasteiger charge is -2.28. The molecule has 0 saturated heterocycles. The molecule has 0 atom stereocenters. The summed E-state index contributed by atoms with van der Waals surface area (Å²) in [5, 5.41) is 3.94. The molecule has 0 radical (unpaired) electrons. The maximum Gasteiger partial charge on any atom is 0.162 e. The van der Waals surface area contributed by atoms with E-state index in [1.165, 1.54) is 21.5 Å². The Labute approximate surface area is 180 Å². The molecule has 2 heteroatoms. The molecule has 0 fully saturated rings. The third kappa shape index (κ3) is 4.08. The lowest BCUT2D eigenvalue weighted by molar-refractivity contribution is 0.309. The van der Waals surface area contributed by atoms with Crippen molar-refractivity contribution in [1.29, 1.82) is 0 Å². The van der Waals surface area contributed by atoms with Gasteiger partial charge in [0.15, 0.2) is 5.75 Å². The number of allylic oxidation sites excluding steroid dienone is 1. The van der Waals surface area contributed by atoms with Gasteiger partial charge in [-0.3, -0.25) is 0 Å². The van der Waals surface area contributed by atoms with Crippen molar-refractivity contribution in [3.05, 3.63) is 133 Å². The molecule has 4 rings (SSSR count). The fraction of sp³-hybridized carbons (Fsp3) is 0.0714. The number of ether oxygens (including phenoxy) is 1. The Morgan fingerprint density at radius 3 is 1.70 bits per heavy atom. The average molecular weight is 409 g/mol. The fourth-order valence-corrected chi connectivity index (χ4v) is 8.00. The lowest BCUT2D eigenvalue weighted by Crippen LogP contribution is -2.33. The van der Waals surface area contributed by atoms with Crippen LogP contribution in [0.2, 0.25) is 0 Å². The van der Waals surface area contributed by atoms with Crippen LogP contribution in [0.3, 0.4) is 0 Å². The summed E-state index contributed by atoms with van der Waals surface area (Å²) in [4.78, 5) is 0. The molecule has 0 bridgehead atoms. The van der Waals surface area contributed by atoms with Crippen LogP contribution in [-0.2, 0) is 6.61 Å². The van der Waals surface area contributed by atoms with Crippen molar-refractivity contribution in [2.24, 2.45) is 0 Å². The molecule has 0 N–H and O–H groups in total. The fourth-order valence-electron chi connectivity index (χ4n) is 3.92. The monoisotopic (exact) mass is 409 g/mol. The lowest BCUT2D eigenvalue weighted by atomic mass is 10.2. The first-order chi connectivity index (χ1) is 14.8. The Kier molecular flexibility index (Phi) is 6.42. The van der Waals surface area contributed by atoms with Crippen LogP contribution in [0.5, 0.6) is 5.75 Å². The number of hydrogen-bond donors (Lipinski definition) is 0. The first-order valence-electron chi connectivity index (χ1n) is 10.2. The standard InChI is InChI=1S/C28H26OP/c1-2-22-30(25-16-8-4-9-17-25,26-18-10-5-11-19-26)28-21-13-12-20-27(28)29-23-24-14-6-3-7-15-24/h2-21H,1,22-23H2/q+1. The maximum atomic E-state index is 6.41. The molecule has 0 saturated carbocycles. The van der Waals surface area contributed by atoms with Gasteiger partial charge in [0.05, 0.1) is 6.16 Å². The topological polar surface area (TPSA) is 9.23 Å². The second kappa shape index (κ2) is 9.57. The van der Waals surface area contributed by atoms with E-state index in [1.807, 2.05) is 18.2 Å². The zero-order valence-electron chi connectivity index (χ0n) is 17.0. The quantitative estimate of drug-likeness (QED) is 0.266. The summed E-state index contributed by atoms with van der Waals surface area (Å²) < 4.78 is 6.41. The Balaban J connectivity index is 1.87. The highest BCUT2D eigenvalue weighted by Gasteiger charge is 2.46. The van der Waals surface area contributed by atoms with Gasteiger partial charge >= 0.3 is 0 Å². The summed E-state index contributed by atoms with van der Waals surface area (Å²) in [7, 11) is -1.96. The van der Waals surface area contributed by atoms with Gasteiger partial charge in [0.1, 0.15) is 29.8 Å². The van der Waals surface area contributed by atoms with Crippen LogP contribution in [0.1, 0.15) is 5.56 Å². The van der Waals surface area contributed by atoms with Crippen LogP contribution in [-0.4, -0.2) is 6.16 Å². The summed E-state index contributed by atoms with van der Waals surface area (Å²) in [5.74, 6) is 0.948. The third-order valence-electron chi connectivity index (χ3n) is 5.31. The van der Waals surface area contributed by atoms with E-state index in [0.717, 1.165) is 11.9 Å². The van der Waals surface area contributed by atoms with Crippen molar-refractivity contribution in [1.82, 2.24) is 0 Å². The van der Waals surface area contributed by atoms with E-state index in [9.17, 15) is 0 Å². The zero-order valence-corrected chi connectivity index (χ0v) is 17.9. The Hall–Kier alpha value is -3.15. The number of hydrogen-bond acceptors (Lipinski definition) is 1. The molecule has 148 valence electrons. The molecule has 0 aliphatic rings. The minimum Gasteiger partial charge on any atom is -0.485 e. The van der Waals surface area contributed by atoms with E-state index in [1.54, 1.807) is 0 Å².